The maximum atomic E-state index is 12.3. The standard InChI is InChI=1S/C23H20Cl3N3O3/c1-27-23(32)15-5-2-14(3-6-15)4-11-21(31)28-12-16-7-10-20(25)29(16)19-9-8-18(24)17(13-30)22(19)26/h2-11,30H,12-13H2,1H3,(H,27,32)(H,28,31). The van der Waals surface area contributed by atoms with Crippen molar-refractivity contribution in [3.05, 3.63) is 92.2 Å². The molecule has 2 aromatic carbocycles. The number of hydrogen-bond donors (Lipinski definition) is 3. The Morgan fingerprint density at radius 3 is 2.41 bits per heavy atom. The van der Waals surface area contributed by atoms with Crippen molar-refractivity contribution in [3.63, 3.8) is 0 Å². The molecule has 0 aliphatic heterocycles. The van der Waals surface area contributed by atoms with Crippen molar-refractivity contribution in [2.75, 3.05) is 7.05 Å². The number of amides is 2. The number of halogens is 3. The van der Waals surface area contributed by atoms with E-state index in [0.717, 1.165) is 5.56 Å². The lowest BCUT2D eigenvalue weighted by molar-refractivity contribution is -0.116. The molecule has 1 heterocycles. The molecule has 0 saturated carbocycles. The minimum absolute atomic E-state index is 0.174. The molecule has 1 aromatic heterocycles. The van der Waals surface area contributed by atoms with E-state index in [1.165, 1.54) is 6.08 Å². The second-order valence-corrected chi connectivity index (χ2v) is 7.92. The highest BCUT2D eigenvalue weighted by Crippen LogP contribution is 2.33. The lowest BCUT2D eigenvalue weighted by Crippen LogP contribution is -2.22. The Kier molecular flexibility index (Phi) is 7.99. The Balaban J connectivity index is 1.71. The van der Waals surface area contributed by atoms with Gasteiger partial charge in [-0.2, -0.15) is 0 Å². The van der Waals surface area contributed by atoms with E-state index >= 15 is 0 Å². The fourth-order valence-electron chi connectivity index (χ4n) is 3.06. The first kappa shape index (κ1) is 23.9. The van der Waals surface area contributed by atoms with Gasteiger partial charge in [0.05, 0.1) is 23.9 Å². The van der Waals surface area contributed by atoms with Gasteiger partial charge in [0.1, 0.15) is 5.15 Å². The van der Waals surface area contributed by atoms with E-state index in [1.54, 1.807) is 66.2 Å². The molecule has 0 saturated heterocycles. The number of nitrogens with one attached hydrogen (secondary N) is 2. The van der Waals surface area contributed by atoms with Crippen LogP contribution in [0.4, 0.5) is 0 Å². The number of carbonyl (C=O) groups excluding carboxylic acids is 2. The van der Waals surface area contributed by atoms with Gasteiger partial charge in [-0.25, -0.2) is 0 Å². The molecule has 9 heteroatoms. The van der Waals surface area contributed by atoms with E-state index in [0.29, 0.717) is 32.7 Å². The number of aliphatic hydroxyl groups excluding tert-OH is 1. The topological polar surface area (TPSA) is 83.4 Å². The smallest absolute Gasteiger partial charge is 0.251 e. The van der Waals surface area contributed by atoms with Gasteiger partial charge in [-0.3, -0.25) is 9.59 Å². The molecule has 3 aromatic rings. The zero-order chi connectivity index (χ0) is 23.3. The Hall–Kier alpha value is -2.77. The van der Waals surface area contributed by atoms with Crippen molar-refractivity contribution < 1.29 is 14.7 Å². The first-order chi connectivity index (χ1) is 15.3. The van der Waals surface area contributed by atoms with Gasteiger partial charge in [0.2, 0.25) is 5.91 Å². The number of carbonyl (C=O) groups is 2. The molecular formula is C23H20Cl3N3O3. The van der Waals surface area contributed by atoms with Crippen LogP contribution in [-0.2, 0) is 17.9 Å². The van der Waals surface area contributed by atoms with Crippen molar-refractivity contribution in [3.8, 4) is 5.69 Å². The fourth-order valence-corrected chi connectivity index (χ4v) is 3.90. The van der Waals surface area contributed by atoms with Crippen LogP contribution in [0.15, 0.2) is 54.6 Å². The van der Waals surface area contributed by atoms with Gasteiger partial charge in [-0.15, -0.1) is 0 Å². The average molecular weight is 493 g/mol. The number of rotatable bonds is 7. The molecule has 0 unspecified atom stereocenters. The summed E-state index contributed by atoms with van der Waals surface area (Å²) in [6.45, 7) is -0.121. The van der Waals surface area contributed by atoms with Crippen LogP contribution in [0, 0.1) is 0 Å². The molecule has 6 nitrogen and oxygen atoms in total. The highest BCUT2D eigenvalue weighted by atomic mass is 35.5. The van der Waals surface area contributed by atoms with Gasteiger partial charge in [-0.1, -0.05) is 46.9 Å². The number of aromatic nitrogens is 1. The van der Waals surface area contributed by atoms with E-state index < -0.39 is 0 Å². The normalized spacial score (nSPS) is 11.0. The summed E-state index contributed by atoms with van der Waals surface area (Å²) in [5.74, 6) is -0.477. The van der Waals surface area contributed by atoms with Crippen LogP contribution in [0.25, 0.3) is 11.8 Å². The van der Waals surface area contributed by atoms with Crippen molar-refractivity contribution in [1.29, 1.82) is 0 Å². The molecule has 32 heavy (non-hydrogen) atoms. The van der Waals surface area contributed by atoms with E-state index in [2.05, 4.69) is 10.6 Å². The highest BCUT2D eigenvalue weighted by molar-refractivity contribution is 6.37. The summed E-state index contributed by atoms with van der Waals surface area (Å²) in [6, 6.07) is 13.7. The summed E-state index contributed by atoms with van der Waals surface area (Å²) < 4.78 is 1.68. The molecule has 2 amide bonds. The predicted octanol–water partition coefficient (Wildman–Crippen LogP) is 4.62. The summed E-state index contributed by atoms with van der Waals surface area (Å²) in [4.78, 5) is 23.9. The summed E-state index contributed by atoms with van der Waals surface area (Å²) >= 11 is 18.9. The Morgan fingerprint density at radius 1 is 1.03 bits per heavy atom. The second kappa shape index (κ2) is 10.7. The van der Waals surface area contributed by atoms with E-state index in [4.69, 9.17) is 34.8 Å². The largest absolute Gasteiger partial charge is 0.392 e. The molecule has 3 rings (SSSR count). The van der Waals surface area contributed by atoms with Gasteiger partial charge in [0.25, 0.3) is 5.91 Å². The minimum Gasteiger partial charge on any atom is -0.392 e. The van der Waals surface area contributed by atoms with Crippen LogP contribution >= 0.6 is 34.8 Å². The van der Waals surface area contributed by atoms with Crippen LogP contribution in [0.1, 0.15) is 27.2 Å². The number of hydrogen-bond acceptors (Lipinski definition) is 3. The van der Waals surface area contributed by atoms with Crippen LogP contribution in [0.3, 0.4) is 0 Å². The van der Waals surface area contributed by atoms with Crippen LogP contribution in [0.2, 0.25) is 15.2 Å². The molecule has 0 atom stereocenters. The van der Waals surface area contributed by atoms with Crippen molar-refractivity contribution in [2.24, 2.45) is 0 Å². The molecule has 0 spiro atoms. The van der Waals surface area contributed by atoms with Gasteiger partial charge < -0.3 is 20.3 Å². The third kappa shape index (κ3) is 5.34. The zero-order valence-corrected chi connectivity index (χ0v) is 19.3. The maximum absolute atomic E-state index is 12.3. The number of benzene rings is 2. The fraction of sp³-hybridized carbons (Fsp3) is 0.130. The Labute approximate surface area is 200 Å². The predicted molar refractivity (Wildman–Crippen MR) is 127 cm³/mol. The molecule has 0 aliphatic carbocycles. The van der Waals surface area contributed by atoms with Crippen LogP contribution in [-0.4, -0.2) is 28.5 Å². The zero-order valence-electron chi connectivity index (χ0n) is 17.0. The lowest BCUT2D eigenvalue weighted by atomic mass is 10.1. The monoisotopic (exact) mass is 491 g/mol. The van der Waals surface area contributed by atoms with Gasteiger partial charge in [-0.05, 0) is 48.0 Å². The maximum Gasteiger partial charge on any atom is 0.251 e. The molecule has 0 aliphatic rings. The highest BCUT2D eigenvalue weighted by Gasteiger charge is 2.16. The molecule has 3 N–H and O–H groups in total. The number of nitrogens with zero attached hydrogens (tertiary/aromatic N) is 1. The Bertz CT molecular complexity index is 1170. The number of aliphatic hydroxyl groups is 1. The molecule has 0 bridgehead atoms. The lowest BCUT2D eigenvalue weighted by Gasteiger charge is -2.15. The SMILES string of the molecule is CNC(=O)c1ccc(C=CC(=O)NCc2ccc(Cl)n2-c2ccc(Cl)c(CO)c2Cl)cc1. The summed E-state index contributed by atoms with van der Waals surface area (Å²) in [7, 11) is 1.57. The third-order valence-electron chi connectivity index (χ3n) is 4.75. The quantitative estimate of drug-likeness (QED) is 0.421. The first-order valence-electron chi connectivity index (χ1n) is 9.58. The first-order valence-corrected chi connectivity index (χ1v) is 10.7. The van der Waals surface area contributed by atoms with Gasteiger partial charge >= 0.3 is 0 Å². The van der Waals surface area contributed by atoms with E-state index in [9.17, 15) is 14.7 Å². The van der Waals surface area contributed by atoms with Crippen molar-refractivity contribution >= 4 is 52.7 Å². The second-order valence-electron chi connectivity index (χ2n) is 6.75. The van der Waals surface area contributed by atoms with Gasteiger partial charge in [0.15, 0.2) is 0 Å². The third-order valence-corrected chi connectivity index (χ3v) is 5.82. The summed E-state index contributed by atoms with van der Waals surface area (Å²) in [5, 5.41) is 15.9. The summed E-state index contributed by atoms with van der Waals surface area (Å²) in [5.41, 5.74) is 2.96. The van der Waals surface area contributed by atoms with Crippen LogP contribution in [0.5, 0.6) is 0 Å². The van der Waals surface area contributed by atoms with E-state index in [-0.39, 0.29) is 30.0 Å². The van der Waals surface area contributed by atoms with E-state index in [1.807, 2.05) is 0 Å². The minimum atomic E-state index is -0.314. The van der Waals surface area contributed by atoms with Crippen LogP contribution < -0.4 is 10.6 Å². The molecular weight excluding hydrogens is 473 g/mol. The van der Waals surface area contributed by atoms with Crippen molar-refractivity contribution in [1.82, 2.24) is 15.2 Å². The average Bonchev–Trinajstić information content (AvgIpc) is 3.16. The molecule has 166 valence electrons. The summed E-state index contributed by atoms with van der Waals surface area (Å²) in [6.07, 6.45) is 3.06. The Morgan fingerprint density at radius 2 is 1.75 bits per heavy atom. The molecule has 0 radical (unpaired) electrons. The van der Waals surface area contributed by atoms with Crippen molar-refractivity contribution in [2.45, 2.75) is 13.2 Å². The molecule has 0 fully saturated rings. The van der Waals surface area contributed by atoms with Gasteiger partial charge in [0, 0.05) is 35.0 Å².